The smallest absolute Gasteiger partial charge is 0.0714 e. The maximum Gasteiger partial charge on any atom is 0.0714 e. The van der Waals surface area contributed by atoms with Crippen LogP contribution in [0.25, 0.3) is 42.4 Å². The Kier molecular flexibility index (Phi) is 6.79. The molecule has 2 heterocycles. The molecule has 0 nitrogen and oxygen atoms in total. The van der Waals surface area contributed by atoms with Gasteiger partial charge in [-0.15, -0.1) is 22.7 Å². The van der Waals surface area contributed by atoms with E-state index in [1.807, 2.05) is 22.7 Å². The fraction of sp³-hybridized carbons (Fsp3) is 0.115. The third kappa shape index (κ3) is 4.24. The van der Waals surface area contributed by atoms with E-state index in [4.69, 9.17) is 0 Å². The Hall–Kier alpha value is -5.54. The largest absolute Gasteiger partial charge is 0.144 e. The molecule has 0 N–H and O–H groups in total. The molecule has 0 spiro atoms. The maximum atomic E-state index is 2.61. The molecule has 54 heavy (non-hydrogen) atoms. The molecule has 0 unspecified atom stereocenters. The van der Waals surface area contributed by atoms with Gasteiger partial charge in [0.05, 0.1) is 10.8 Å². The van der Waals surface area contributed by atoms with E-state index in [9.17, 15) is 0 Å². The normalized spacial score (nSPS) is 14.6. The van der Waals surface area contributed by atoms with Gasteiger partial charge in [0.2, 0.25) is 0 Å². The Balaban J connectivity index is 1.34. The summed E-state index contributed by atoms with van der Waals surface area (Å²) in [6.07, 6.45) is 0. The summed E-state index contributed by atoms with van der Waals surface area (Å²) in [4.78, 5) is 0. The van der Waals surface area contributed by atoms with Gasteiger partial charge in [-0.2, -0.15) is 0 Å². The van der Waals surface area contributed by atoms with Crippen LogP contribution in [0.3, 0.4) is 0 Å². The second-order valence-electron chi connectivity index (χ2n) is 15.6. The van der Waals surface area contributed by atoms with Gasteiger partial charge in [0.15, 0.2) is 0 Å². The lowest BCUT2D eigenvalue weighted by atomic mass is 9.65. The maximum absolute atomic E-state index is 2.61. The average molecular weight is 727 g/mol. The Labute approximate surface area is 325 Å². The summed E-state index contributed by atoms with van der Waals surface area (Å²) in [6, 6.07) is 57.2. The van der Waals surface area contributed by atoms with Crippen molar-refractivity contribution in [3.05, 3.63) is 223 Å². The highest BCUT2D eigenvalue weighted by Gasteiger charge is 2.51. The lowest BCUT2D eigenvalue weighted by molar-refractivity contribution is 0.759. The molecule has 2 heteroatoms. The fourth-order valence-corrected chi connectivity index (χ4v) is 11.5. The quantitative estimate of drug-likeness (QED) is 0.169. The van der Waals surface area contributed by atoms with Crippen molar-refractivity contribution in [2.75, 3.05) is 0 Å². The van der Waals surface area contributed by atoms with E-state index in [2.05, 4.69) is 184 Å². The minimum Gasteiger partial charge on any atom is -0.144 e. The fourth-order valence-electron chi connectivity index (χ4n) is 9.83. The number of aryl methyl sites for hydroxylation is 4. The average Bonchev–Trinajstić information content (AvgIpc) is 3.96. The van der Waals surface area contributed by atoms with Gasteiger partial charge in [0.25, 0.3) is 0 Å². The van der Waals surface area contributed by atoms with Crippen LogP contribution in [0.1, 0.15) is 66.8 Å². The highest BCUT2D eigenvalue weighted by molar-refractivity contribution is 7.17. The highest BCUT2D eigenvalue weighted by Crippen LogP contribution is 2.63. The van der Waals surface area contributed by atoms with Gasteiger partial charge >= 0.3 is 0 Å². The topological polar surface area (TPSA) is 0 Å². The molecule has 0 atom stereocenters. The van der Waals surface area contributed by atoms with Crippen molar-refractivity contribution >= 4 is 42.8 Å². The summed E-state index contributed by atoms with van der Waals surface area (Å²) in [5.41, 5.74) is 20.1. The summed E-state index contributed by atoms with van der Waals surface area (Å²) in [6.45, 7) is 8.77. The molecule has 0 amide bonds. The van der Waals surface area contributed by atoms with Gasteiger partial charge in [-0.3, -0.25) is 0 Å². The summed E-state index contributed by atoms with van der Waals surface area (Å²) in [5.74, 6) is 0. The van der Waals surface area contributed by atoms with Crippen LogP contribution in [-0.4, -0.2) is 0 Å². The molecule has 9 aromatic rings. The Morgan fingerprint density at radius 2 is 0.593 bits per heavy atom. The molecule has 0 fully saturated rings. The first-order valence-electron chi connectivity index (χ1n) is 18.9. The van der Waals surface area contributed by atoms with E-state index < -0.39 is 10.8 Å². The lowest BCUT2D eigenvalue weighted by Gasteiger charge is -2.36. The zero-order chi connectivity index (χ0) is 36.3. The van der Waals surface area contributed by atoms with Gasteiger partial charge in [-0.25, -0.2) is 0 Å². The van der Waals surface area contributed by atoms with Crippen molar-refractivity contribution in [2.45, 2.75) is 38.5 Å². The van der Waals surface area contributed by atoms with Crippen molar-refractivity contribution in [1.29, 1.82) is 0 Å². The van der Waals surface area contributed by atoms with E-state index >= 15 is 0 Å². The molecule has 0 saturated heterocycles. The molecule has 0 bridgehead atoms. The minimum atomic E-state index is -0.497. The Morgan fingerprint density at radius 1 is 0.315 bits per heavy atom. The van der Waals surface area contributed by atoms with Crippen molar-refractivity contribution in [2.24, 2.45) is 0 Å². The van der Waals surface area contributed by atoms with Crippen molar-refractivity contribution in [3.63, 3.8) is 0 Å². The van der Waals surface area contributed by atoms with Crippen molar-refractivity contribution < 1.29 is 0 Å². The van der Waals surface area contributed by atoms with Crippen LogP contribution < -0.4 is 0 Å². The van der Waals surface area contributed by atoms with Crippen molar-refractivity contribution in [3.8, 4) is 22.3 Å². The molecule has 11 rings (SSSR count). The second kappa shape index (κ2) is 11.5. The Bertz CT molecular complexity index is 2640. The SMILES string of the molecule is Cc1ccc(C2(c3ccc(C)cc3)c3cc4c(cc3-c3cc5sccc5cc32)C(c2ccc(C)cc2)(c2ccc(C)cc2)c2cc3ccsc3cc2-4)cc1. The zero-order valence-corrected chi connectivity index (χ0v) is 32.5. The van der Waals surface area contributed by atoms with Crippen molar-refractivity contribution in [1.82, 2.24) is 0 Å². The van der Waals surface area contributed by atoms with Crippen LogP contribution in [0.4, 0.5) is 0 Å². The number of hydrogen-bond acceptors (Lipinski definition) is 2. The lowest BCUT2D eigenvalue weighted by Crippen LogP contribution is -2.30. The summed E-state index contributed by atoms with van der Waals surface area (Å²) < 4.78 is 2.66. The zero-order valence-electron chi connectivity index (χ0n) is 30.8. The van der Waals surface area contributed by atoms with Gasteiger partial charge in [-0.1, -0.05) is 119 Å². The van der Waals surface area contributed by atoms with Crippen LogP contribution in [0.15, 0.2) is 156 Å². The number of rotatable bonds is 4. The predicted molar refractivity (Wildman–Crippen MR) is 231 cm³/mol. The second-order valence-corrected chi connectivity index (χ2v) is 17.5. The van der Waals surface area contributed by atoms with Crippen LogP contribution >= 0.6 is 22.7 Å². The van der Waals surface area contributed by atoms with Crippen LogP contribution in [-0.2, 0) is 10.8 Å². The molecule has 0 aliphatic heterocycles. The molecule has 2 aliphatic carbocycles. The Morgan fingerprint density at radius 3 is 0.907 bits per heavy atom. The van der Waals surface area contributed by atoms with Gasteiger partial charge in [-0.05, 0) is 165 Å². The molecular formula is C52H38S2. The van der Waals surface area contributed by atoms with E-state index in [-0.39, 0.29) is 0 Å². The first-order valence-corrected chi connectivity index (χ1v) is 20.6. The number of thiophene rings is 2. The standard InChI is InChI=1S/C52H38S2/c1-31-5-13-37(14-6-31)51(38-15-7-32(2)8-16-38)45-25-35-21-23-53-49(35)29-43(45)41-28-48-42(27-47(41)51)44-30-50-36(22-24-54-50)26-46(44)52(48,39-17-9-33(3)10-18-39)40-19-11-34(4)12-20-40/h5-30H,1-4H3. The molecule has 0 saturated carbocycles. The monoisotopic (exact) mass is 726 g/mol. The van der Waals surface area contributed by atoms with Gasteiger partial charge in [0, 0.05) is 9.40 Å². The van der Waals surface area contributed by atoms with E-state index in [1.165, 1.54) is 109 Å². The first-order chi connectivity index (χ1) is 26.3. The van der Waals surface area contributed by atoms with Crippen LogP contribution in [0, 0.1) is 27.7 Å². The van der Waals surface area contributed by atoms with E-state index in [0.29, 0.717) is 0 Å². The van der Waals surface area contributed by atoms with E-state index in [1.54, 1.807) is 0 Å². The highest BCUT2D eigenvalue weighted by atomic mass is 32.1. The number of benzene rings is 7. The molecule has 258 valence electrons. The molecule has 2 aromatic heterocycles. The molecular weight excluding hydrogens is 689 g/mol. The summed E-state index contributed by atoms with van der Waals surface area (Å²) in [5, 5.41) is 7.10. The number of hydrogen-bond donors (Lipinski definition) is 0. The molecule has 2 aliphatic rings. The van der Waals surface area contributed by atoms with Gasteiger partial charge < -0.3 is 0 Å². The number of fused-ring (bicyclic) bond motifs is 8. The minimum absolute atomic E-state index is 0.497. The predicted octanol–water partition coefficient (Wildman–Crippen LogP) is 14.1. The van der Waals surface area contributed by atoms with Gasteiger partial charge in [0.1, 0.15) is 0 Å². The van der Waals surface area contributed by atoms with Crippen LogP contribution in [0.2, 0.25) is 0 Å². The molecule has 0 radical (unpaired) electrons. The third-order valence-corrected chi connectivity index (χ3v) is 14.2. The third-order valence-electron chi connectivity index (χ3n) is 12.5. The summed E-state index contributed by atoms with van der Waals surface area (Å²) >= 11 is 3.68. The molecule has 7 aromatic carbocycles. The van der Waals surface area contributed by atoms with Crippen LogP contribution in [0.5, 0.6) is 0 Å². The van der Waals surface area contributed by atoms with E-state index in [0.717, 1.165) is 0 Å². The first kappa shape index (κ1) is 31.9. The summed E-state index contributed by atoms with van der Waals surface area (Å²) in [7, 11) is 0.